The number of nitrogens with zero attached hydrogens (tertiary/aromatic N) is 2. The second-order valence-electron chi connectivity index (χ2n) is 5.78. The first-order chi connectivity index (χ1) is 13.5. The number of ether oxygens (including phenoxy) is 2. The Bertz CT molecular complexity index is 971. The van der Waals surface area contributed by atoms with Crippen molar-refractivity contribution in [3.05, 3.63) is 46.4 Å². The van der Waals surface area contributed by atoms with Gasteiger partial charge in [-0.2, -0.15) is 0 Å². The van der Waals surface area contributed by atoms with Crippen molar-refractivity contribution in [3.63, 3.8) is 0 Å². The van der Waals surface area contributed by atoms with Gasteiger partial charge in [0, 0.05) is 21.8 Å². The van der Waals surface area contributed by atoms with E-state index in [2.05, 4.69) is 31.4 Å². The summed E-state index contributed by atoms with van der Waals surface area (Å²) in [7, 11) is 3.14. The lowest BCUT2D eigenvalue weighted by Crippen LogP contribution is -2.14. The number of methoxy groups -OCH3 is 2. The molecule has 0 fully saturated rings. The van der Waals surface area contributed by atoms with Gasteiger partial charge in [0.25, 0.3) is 5.22 Å². The molecule has 3 aromatic rings. The highest BCUT2D eigenvalue weighted by molar-refractivity contribution is 9.10. The van der Waals surface area contributed by atoms with Crippen LogP contribution in [0.4, 0.5) is 5.69 Å². The Morgan fingerprint density at radius 2 is 1.86 bits per heavy atom. The molecule has 2 aromatic carbocycles. The second-order valence-corrected chi connectivity index (χ2v) is 7.56. The fraction of sp³-hybridized carbons (Fsp3) is 0.211. The molecule has 0 aliphatic rings. The number of halogens is 1. The van der Waals surface area contributed by atoms with Crippen molar-refractivity contribution in [1.29, 1.82) is 0 Å². The predicted octanol–water partition coefficient (Wildman–Crippen LogP) is 4.56. The Morgan fingerprint density at radius 1 is 1.14 bits per heavy atom. The average molecular weight is 464 g/mol. The van der Waals surface area contributed by atoms with E-state index in [-0.39, 0.29) is 11.7 Å². The SMILES string of the molecule is COc1cc(OC)cc(-c2nnc(SCC(=O)Nc3ccc(Br)c(C)c3)o2)c1. The second kappa shape index (κ2) is 9.11. The molecule has 1 heterocycles. The molecule has 0 bridgehead atoms. The molecule has 28 heavy (non-hydrogen) atoms. The maximum absolute atomic E-state index is 12.2. The third-order valence-corrected chi connectivity index (χ3v) is 5.48. The molecule has 1 amide bonds. The molecular formula is C19H18BrN3O4S. The van der Waals surface area contributed by atoms with Gasteiger partial charge in [-0.3, -0.25) is 4.79 Å². The molecule has 1 aromatic heterocycles. The van der Waals surface area contributed by atoms with E-state index in [0.717, 1.165) is 15.7 Å². The molecule has 0 atom stereocenters. The number of aryl methyl sites for hydroxylation is 1. The third kappa shape index (κ3) is 5.05. The lowest BCUT2D eigenvalue weighted by molar-refractivity contribution is -0.113. The van der Waals surface area contributed by atoms with Crippen molar-refractivity contribution in [3.8, 4) is 23.0 Å². The summed E-state index contributed by atoms with van der Waals surface area (Å²) in [6.07, 6.45) is 0. The Morgan fingerprint density at radius 3 is 2.50 bits per heavy atom. The molecule has 0 saturated heterocycles. The highest BCUT2D eigenvalue weighted by Crippen LogP contribution is 2.30. The zero-order valence-electron chi connectivity index (χ0n) is 15.5. The molecule has 9 heteroatoms. The van der Waals surface area contributed by atoms with E-state index < -0.39 is 0 Å². The smallest absolute Gasteiger partial charge is 0.277 e. The maximum Gasteiger partial charge on any atom is 0.277 e. The monoisotopic (exact) mass is 463 g/mol. The third-order valence-electron chi connectivity index (χ3n) is 3.77. The molecule has 3 rings (SSSR count). The Hall–Kier alpha value is -2.52. The fourth-order valence-electron chi connectivity index (χ4n) is 2.36. The number of benzene rings is 2. The van der Waals surface area contributed by atoms with Crippen LogP contribution in [0.25, 0.3) is 11.5 Å². The summed E-state index contributed by atoms with van der Waals surface area (Å²) < 4.78 is 17.1. The van der Waals surface area contributed by atoms with Crippen LogP contribution in [0.1, 0.15) is 5.56 Å². The van der Waals surface area contributed by atoms with Crippen molar-refractivity contribution < 1.29 is 18.7 Å². The van der Waals surface area contributed by atoms with Gasteiger partial charge < -0.3 is 19.2 Å². The van der Waals surface area contributed by atoms with E-state index >= 15 is 0 Å². The first-order valence-electron chi connectivity index (χ1n) is 8.24. The number of carbonyl (C=O) groups is 1. The number of hydrogen-bond donors (Lipinski definition) is 1. The summed E-state index contributed by atoms with van der Waals surface area (Å²) in [5.41, 5.74) is 2.45. The van der Waals surface area contributed by atoms with E-state index in [1.807, 2.05) is 25.1 Å². The molecule has 0 aliphatic heterocycles. The lowest BCUT2D eigenvalue weighted by atomic mass is 10.2. The van der Waals surface area contributed by atoms with E-state index in [0.29, 0.717) is 28.2 Å². The molecule has 146 valence electrons. The van der Waals surface area contributed by atoms with Crippen LogP contribution in [-0.4, -0.2) is 36.1 Å². The summed E-state index contributed by atoms with van der Waals surface area (Å²) in [4.78, 5) is 12.2. The van der Waals surface area contributed by atoms with Gasteiger partial charge in [-0.15, -0.1) is 10.2 Å². The van der Waals surface area contributed by atoms with Crippen molar-refractivity contribution in [2.45, 2.75) is 12.1 Å². The number of thioether (sulfide) groups is 1. The van der Waals surface area contributed by atoms with Crippen LogP contribution in [0.3, 0.4) is 0 Å². The largest absolute Gasteiger partial charge is 0.497 e. The summed E-state index contributed by atoms with van der Waals surface area (Å²) in [5, 5.41) is 11.2. The van der Waals surface area contributed by atoms with Gasteiger partial charge in [0.2, 0.25) is 11.8 Å². The molecule has 0 saturated carbocycles. The molecule has 0 unspecified atom stereocenters. The fourth-order valence-corrected chi connectivity index (χ4v) is 3.17. The van der Waals surface area contributed by atoms with Crippen molar-refractivity contribution in [2.75, 3.05) is 25.3 Å². The van der Waals surface area contributed by atoms with Crippen LogP contribution in [0.5, 0.6) is 11.5 Å². The quantitative estimate of drug-likeness (QED) is 0.513. The first-order valence-corrected chi connectivity index (χ1v) is 10.0. The summed E-state index contributed by atoms with van der Waals surface area (Å²) in [6, 6.07) is 10.9. The van der Waals surface area contributed by atoms with Gasteiger partial charge in [-0.1, -0.05) is 27.7 Å². The standard InChI is InChI=1S/C19H18BrN3O4S/c1-11-6-13(4-5-16(11)20)21-17(24)10-28-19-23-22-18(27-19)12-7-14(25-2)9-15(8-12)26-3/h4-9H,10H2,1-3H3,(H,21,24). The molecular weight excluding hydrogens is 446 g/mol. The normalized spacial score (nSPS) is 10.6. The lowest BCUT2D eigenvalue weighted by Gasteiger charge is -2.06. The topological polar surface area (TPSA) is 86.5 Å². The van der Waals surface area contributed by atoms with Crippen molar-refractivity contribution >= 4 is 39.3 Å². The number of aromatic nitrogens is 2. The Balaban J connectivity index is 1.63. The Kier molecular flexibility index (Phi) is 6.58. The summed E-state index contributed by atoms with van der Waals surface area (Å²) >= 11 is 4.60. The minimum Gasteiger partial charge on any atom is -0.497 e. The summed E-state index contributed by atoms with van der Waals surface area (Å²) in [5.74, 6) is 1.55. The van der Waals surface area contributed by atoms with Crippen molar-refractivity contribution in [2.24, 2.45) is 0 Å². The van der Waals surface area contributed by atoms with Gasteiger partial charge in [0.1, 0.15) is 11.5 Å². The van der Waals surface area contributed by atoms with Crippen LogP contribution in [-0.2, 0) is 4.79 Å². The highest BCUT2D eigenvalue weighted by Gasteiger charge is 2.13. The predicted molar refractivity (Wildman–Crippen MR) is 111 cm³/mol. The zero-order chi connectivity index (χ0) is 20.1. The number of carbonyl (C=O) groups excluding carboxylic acids is 1. The molecule has 1 N–H and O–H groups in total. The minimum absolute atomic E-state index is 0.151. The van der Waals surface area contributed by atoms with E-state index in [1.165, 1.54) is 11.8 Å². The van der Waals surface area contributed by atoms with Crippen LogP contribution >= 0.6 is 27.7 Å². The van der Waals surface area contributed by atoms with Crippen LogP contribution in [0, 0.1) is 6.92 Å². The first kappa shape index (κ1) is 20.2. The average Bonchev–Trinajstić information content (AvgIpc) is 3.18. The van der Waals surface area contributed by atoms with E-state index in [9.17, 15) is 4.79 Å². The number of hydrogen-bond acceptors (Lipinski definition) is 7. The van der Waals surface area contributed by atoms with Gasteiger partial charge in [-0.25, -0.2) is 0 Å². The van der Waals surface area contributed by atoms with Gasteiger partial charge in [0.15, 0.2) is 0 Å². The Labute approximate surface area is 175 Å². The van der Waals surface area contributed by atoms with Crippen LogP contribution in [0.15, 0.2) is 50.5 Å². The molecule has 7 nitrogen and oxygen atoms in total. The van der Waals surface area contributed by atoms with E-state index in [4.69, 9.17) is 13.9 Å². The number of rotatable bonds is 7. The number of anilines is 1. The summed E-state index contributed by atoms with van der Waals surface area (Å²) in [6.45, 7) is 1.96. The zero-order valence-corrected chi connectivity index (χ0v) is 17.9. The van der Waals surface area contributed by atoms with Gasteiger partial charge in [-0.05, 0) is 42.8 Å². The number of nitrogens with one attached hydrogen (secondary N) is 1. The number of amides is 1. The van der Waals surface area contributed by atoms with Crippen molar-refractivity contribution in [1.82, 2.24) is 10.2 Å². The minimum atomic E-state index is -0.158. The molecule has 0 aliphatic carbocycles. The molecule has 0 spiro atoms. The van der Waals surface area contributed by atoms with Gasteiger partial charge >= 0.3 is 0 Å². The van der Waals surface area contributed by atoms with E-state index in [1.54, 1.807) is 32.4 Å². The molecule has 0 radical (unpaired) electrons. The maximum atomic E-state index is 12.2. The van der Waals surface area contributed by atoms with Gasteiger partial charge in [0.05, 0.1) is 20.0 Å². The van der Waals surface area contributed by atoms with Crippen LogP contribution in [0.2, 0.25) is 0 Å². The highest BCUT2D eigenvalue weighted by atomic mass is 79.9. The van der Waals surface area contributed by atoms with Crippen LogP contribution < -0.4 is 14.8 Å².